The van der Waals surface area contributed by atoms with Crippen LogP contribution in [0.25, 0.3) is 0 Å². The number of hydrogen-bond acceptors (Lipinski definition) is 1. The molecule has 1 atom stereocenters. The Kier molecular flexibility index (Phi) is 6.81. The average Bonchev–Trinajstić information content (AvgIpc) is 2.11. The zero-order valence-electron chi connectivity index (χ0n) is 8.32. The monoisotopic (exact) mass is 306 g/mol. The van der Waals surface area contributed by atoms with E-state index in [1.807, 2.05) is 0 Å². The molecule has 0 saturated carbocycles. The van der Waals surface area contributed by atoms with Crippen molar-refractivity contribution in [1.29, 1.82) is 5.41 Å². The topological polar surface area (TPSA) is 23.9 Å². The van der Waals surface area contributed by atoms with Crippen LogP contribution in [0.5, 0.6) is 0 Å². The van der Waals surface area contributed by atoms with Crippen molar-refractivity contribution in [2.45, 2.75) is 26.2 Å². The summed E-state index contributed by atoms with van der Waals surface area (Å²) >= 11 is -1.86. The molecule has 0 heterocycles. The van der Waals surface area contributed by atoms with Crippen LogP contribution >= 0.6 is 0 Å². The second-order valence-corrected chi connectivity index (χ2v) is 14.7. The van der Waals surface area contributed by atoms with Gasteiger partial charge >= 0.3 is 83.2 Å². The summed E-state index contributed by atoms with van der Waals surface area (Å²) in [5.74, 6) is 0. The Balaban J connectivity index is 3.87. The van der Waals surface area contributed by atoms with E-state index in [0.717, 1.165) is 19.7 Å². The minimum atomic E-state index is -2.14. The summed E-state index contributed by atoms with van der Waals surface area (Å²) in [5.41, 5.74) is 0. The van der Waals surface area contributed by atoms with Gasteiger partial charge in [0, 0.05) is 0 Å². The van der Waals surface area contributed by atoms with Crippen LogP contribution in [-0.4, -0.2) is 30.9 Å². The summed E-state index contributed by atoms with van der Waals surface area (Å²) in [7, 11) is 0. The van der Waals surface area contributed by atoms with Crippen molar-refractivity contribution >= 4 is 6.21 Å². The maximum absolute atomic E-state index is 12.0. The number of alkyl halides is 6. The Morgan fingerprint density at radius 3 is 2.38 bits per heavy atom. The fourth-order valence-electron chi connectivity index (χ4n) is 1.03. The first-order chi connectivity index (χ1) is 6.04. The minimum absolute atomic E-state index is 0.0684. The summed E-state index contributed by atoms with van der Waals surface area (Å²) in [6.45, 7) is 2.10. The second kappa shape index (κ2) is 6.68. The van der Waals surface area contributed by atoms with Gasteiger partial charge in [0.05, 0.1) is 0 Å². The van der Waals surface area contributed by atoms with E-state index in [-0.39, 0.29) is 6.42 Å². The quantitative estimate of drug-likeness (QED) is 0.372. The van der Waals surface area contributed by atoms with Crippen LogP contribution in [0.3, 0.4) is 0 Å². The zero-order chi connectivity index (χ0) is 10.3. The third-order valence-corrected chi connectivity index (χ3v) is 12.3. The van der Waals surface area contributed by atoms with Crippen molar-refractivity contribution < 1.29 is 27.2 Å². The van der Waals surface area contributed by atoms with Gasteiger partial charge < -0.3 is 0 Å². The van der Waals surface area contributed by atoms with Gasteiger partial charge in [-0.3, -0.25) is 0 Å². The van der Waals surface area contributed by atoms with Gasteiger partial charge in [-0.05, 0) is 0 Å². The molecule has 0 aromatic carbocycles. The summed E-state index contributed by atoms with van der Waals surface area (Å²) in [6, 6.07) is 0. The van der Waals surface area contributed by atoms with Gasteiger partial charge in [0.2, 0.25) is 0 Å². The third kappa shape index (κ3) is 6.35. The van der Waals surface area contributed by atoms with Crippen molar-refractivity contribution in [1.82, 2.24) is 0 Å². The zero-order valence-corrected chi connectivity index (χ0v) is 10.5. The van der Waals surface area contributed by atoms with Crippen molar-refractivity contribution in [2.75, 3.05) is 18.2 Å². The molecule has 0 radical (unpaired) electrons. The molecular formula is C9H19F2IN-. The molecule has 4 heteroatoms. The van der Waals surface area contributed by atoms with Crippen LogP contribution in [0.4, 0.5) is 8.78 Å². The Labute approximate surface area is 83.3 Å². The molecule has 0 rings (SSSR count). The molecule has 0 aliphatic carbocycles. The van der Waals surface area contributed by atoms with Gasteiger partial charge in [-0.15, -0.1) is 0 Å². The number of nitrogens with one attached hydrogen (secondary N) is 1. The molecule has 0 amide bonds. The molecule has 13 heavy (non-hydrogen) atoms. The molecule has 0 aromatic heterocycles. The summed E-state index contributed by atoms with van der Waals surface area (Å²) in [4.78, 5) is 2.21. The van der Waals surface area contributed by atoms with Crippen LogP contribution < -0.4 is 18.4 Å². The molecule has 0 fully saturated rings. The molecule has 1 N–H and O–H groups in total. The van der Waals surface area contributed by atoms with Crippen molar-refractivity contribution in [3.05, 3.63) is 0 Å². The molecule has 0 bridgehead atoms. The van der Waals surface area contributed by atoms with E-state index in [2.05, 4.69) is 11.9 Å². The van der Waals surface area contributed by atoms with Gasteiger partial charge in [0.15, 0.2) is 0 Å². The molecule has 1 unspecified atom stereocenters. The van der Waals surface area contributed by atoms with Crippen LogP contribution in [-0.2, 0) is 0 Å². The van der Waals surface area contributed by atoms with Crippen molar-refractivity contribution in [3.63, 3.8) is 0 Å². The first kappa shape index (κ1) is 13.3. The predicted octanol–water partition coefficient (Wildman–Crippen LogP) is -0.509. The Morgan fingerprint density at radius 1 is 1.38 bits per heavy atom. The molecular weight excluding hydrogens is 287 g/mol. The molecule has 0 saturated heterocycles. The van der Waals surface area contributed by atoms with E-state index in [1.54, 1.807) is 0 Å². The first-order valence-corrected chi connectivity index (χ1v) is 11.2. The van der Waals surface area contributed by atoms with E-state index in [4.69, 9.17) is 5.41 Å². The summed E-state index contributed by atoms with van der Waals surface area (Å²) < 4.78 is 26.9. The van der Waals surface area contributed by atoms with Crippen LogP contribution in [0.15, 0.2) is 0 Å². The standard InChI is InChI=1S/C9H19F2IN/c1-3-12(2,6-4-8-13)7-5-9(10)11/h8-9,13H,3-7H2,1-2H3/q-1. The van der Waals surface area contributed by atoms with Gasteiger partial charge in [-0.2, -0.15) is 0 Å². The molecule has 0 aromatic rings. The van der Waals surface area contributed by atoms with E-state index in [9.17, 15) is 8.78 Å². The van der Waals surface area contributed by atoms with Gasteiger partial charge in [-0.1, -0.05) is 0 Å². The first-order valence-electron chi connectivity index (χ1n) is 4.43. The van der Waals surface area contributed by atoms with Crippen molar-refractivity contribution in [2.24, 2.45) is 0 Å². The predicted molar refractivity (Wildman–Crippen MR) is 50.2 cm³/mol. The molecule has 1 nitrogen and oxygen atoms in total. The van der Waals surface area contributed by atoms with Crippen LogP contribution in [0.1, 0.15) is 19.8 Å². The summed E-state index contributed by atoms with van der Waals surface area (Å²) in [5, 5.41) is 6.93. The Bertz CT molecular complexity index is 153. The molecule has 0 spiro atoms. The van der Waals surface area contributed by atoms with Gasteiger partial charge in [-0.25, -0.2) is 0 Å². The fraction of sp³-hybridized carbons (Fsp3) is 0.889. The Hall–Kier alpha value is 0.260. The number of rotatable bonds is 7. The van der Waals surface area contributed by atoms with Crippen LogP contribution in [0, 0.1) is 5.41 Å². The van der Waals surface area contributed by atoms with Crippen molar-refractivity contribution in [3.8, 4) is 0 Å². The SMILES string of the molecule is CC[I-](C)(CCC=N)CCC(F)F. The van der Waals surface area contributed by atoms with E-state index in [1.165, 1.54) is 6.21 Å². The molecule has 0 aliphatic heterocycles. The van der Waals surface area contributed by atoms with E-state index in [0.29, 0.717) is 0 Å². The maximum atomic E-state index is 12.0. The number of hydrogen-bond donors (Lipinski definition) is 1. The van der Waals surface area contributed by atoms with E-state index >= 15 is 0 Å². The summed E-state index contributed by atoms with van der Waals surface area (Å²) in [6.07, 6.45) is 0.109. The normalized spacial score (nSPS) is 18.2. The van der Waals surface area contributed by atoms with E-state index < -0.39 is 24.9 Å². The van der Waals surface area contributed by atoms with Crippen LogP contribution in [0.2, 0.25) is 0 Å². The number of halogens is 3. The second-order valence-electron chi connectivity index (χ2n) is 3.19. The average molecular weight is 306 g/mol. The Morgan fingerprint density at radius 2 is 2.00 bits per heavy atom. The third-order valence-electron chi connectivity index (χ3n) is 2.14. The molecule has 0 aliphatic rings. The van der Waals surface area contributed by atoms with Gasteiger partial charge in [0.1, 0.15) is 0 Å². The fourth-order valence-corrected chi connectivity index (χ4v) is 6.88. The van der Waals surface area contributed by atoms with Gasteiger partial charge in [0.25, 0.3) is 0 Å². The molecule has 82 valence electrons.